The molecule has 2 saturated heterocycles. The number of ether oxygens (including phenoxy) is 1. The van der Waals surface area contributed by atoms with Gasteiger partial charge in [0.05, 0.1) is 17.9 Å². The zero-order valence-electron chi connectivity index (χ0n) is 25.8. The summed E-state index contributed by atoms with van der Waals surface area (Å²) < 4.78 is 35.9. The average Bonchev–Trinajstić information content (AvgIpc) is 3.52. The van der Waals surface area contributed by atoms with Crippen molar-refractivity contribution in [2.75, 3.05) is 44.2 Å². The minimum Gasteiger partial charge on any atom is -0.444 e. The number of anilines is 1. The minimum absolute atomic E-state index is 0.0391. The number of halogens is 2. The number of pyridine rings is 1. The summed E-state index contributed by atoms with van der Waals surface area (Å²) in [6.07, 6.45) is 3.61. The van der Waals surface area contributed by atoms with Gasteiger partial charge < -0.3 is 19.4 Å². The number of rotatable bonds is 7. The zero-order valence-corrected chi connectivity index (χ0v) is 25.8. The van der Waals surface area contributed by atoms with Gasteiger partial charge >= 0.3 is 6.09 Å². The highest BCUT2D eigenvalue weighted by Crippen LogP contribution is 2.46. The van der Waals surface area contributed by atoms with E-state index >= 15 is 8.78 Å². The van der Waals surface area contributed by atoms with E-state index in [9.17, 15) is 14.4 Å². The highest BCUT2D eigenvalue weighted by Gasteiger charge is 2.45. The number of carbonyl (C=O) groups excluding carboxylic acids is 3. The molecule has 1 saturated carbocycles. The van der Waals surface area contributed by atoms with Gasteiger partial charge in [0.2, 0.25) is 11.8 Å². The maximum atomic E-state index is 15.1. The molecule has 42 heavy (non-hydrogen) atoms. The van der Waals surface area contributed by atoms with E-state index in [1.54, 1.807) is 14.7 Å². The van der Waals surface area contributed by atoms with Crippen molar-refractivity contribution in [2.45, 2.75) is 103 Å². The van der Waals surface area contributed by atoms with Gasteiger partial charge in [-0.05, 0) is 58.9 Å². The van der Waals surface area contributed by atoms with Crippen LogP contribution in [0.3, 0.4) is 0 Å². The number of alkyl halides is 2. The molecule has 0 N–H and O–H groups in total. The number of hydrogen-bond donors (Lipinski definition) is 0. The molecule has 2 atom stereocenters. The van der Waals surface area contributed by atoms with Crippen molar-refractivity contribution in [2.24, 2.45) is 5.92 Å². The van der Waals surface area contributed by atoms with E-state index in [-0.39, 0.29) is 48.3 Å². The summed E-state index contributed by atoms with van der Waals surface area (Å²) in [5.41, 5.74) is -0.190. The Labute approximate surface area is 247 Å². The number of piperazine rings is 1. The zero-order chi connectivity index (χ0) is 30.6. The van der Waals surface area contributed by atoms with Crippen molar-refractivity contribution in [1.29, 1.82) is 0 Å². The van der Waals surface area contributed by atoms with Crippen molar-refractivity contribution in [3.63, 3.8) is 0 Å². The van der Waals surface area contributed by atoms with Crippen molar-refractivity contribution in [3.8, 4) is 0 Å². The molecule has 0 bridgehead atoms. The molecule has 0 spiro atoms. The Morgan fingerprint density at radius 2 is 1.88 bits per heavy atom. The second-order valence-electron chi connectivity index (χ2n) is 14.3. The Balaban J connectivity index is 1.37. The summed E-state index contributed by atoms with van der Waals surface area (Å²) in [5.74, 6) is -3.08. The summed E-state index contributed by atoms with van der Waals surface area (Å²) in [6, 6.07) is 0.956. The van der Waals surface area contributed by atoms with E-state index in [1.165, 1.54) is 12.3 Å². The van der Waals surface area contributed by atoms with Gasteiger partial charge in [-0.2, -0.15) is 0 Å². The molecule has 0 unspecified atom stereocenters. The molecule has 232 valence electrons. The highest BCUT2D eigenvalue weighted by molar-refractivity contribution is 5.97. The van der Waals surface area contributed by atoms with Crippen LogP contribution in [-0.2, 0) is 25.7 Å². The Morgan fingerprint density at radius 3 is 2.50 bits per heavy atom. The number of nitrogens with zero attached hydrogens (tertiary/aromatic N) is 5. The van der Waals surface area contributed by atoms with Crippen molar-refractivity contribution in [1.82, 2.24) is 19.7 Å². The van der Waals surface area contributed by atoms with E-state index in [1.807, 2.05) is 46.4 Å². The van der Waals surface area contributed by atoms with Gasteiger partial charge in [0.15, 0.2) is 0 Å². The van der Waals surface area contributed by atoms with Crippen molar-refractivity contribution in [3.05, 3.63) is 23.5 Å². The summed E-state index contributed by atoms with van der Waals surface area (Å²) in [5, 5.41) is 0. The smallest absolute Gasteiger partial charge is 0.410 e. The molecule has 4 aliphatic rings. The Morgan fingerprint density at radius 1 is 1.17 bits per heavy atom. The largest absolute Gasteiger partial charge is 0.444 e. The lowest BCUT2D eigenvalue weighted by molar-refractivity contribution is -0.129. The summed E-state index contributed by atoms with van der Waals surface area (Å²) in [6.45, 7) is 13.5. The molecule has 3 amide bonds. The van der Waals surface area contributed by atoms with Crippen LogP contribution < -0.4 is 4.90 Å². The molecule has 5 rings (SSSR count). The normalized spacial score (nSPS) is 24.8. The lowest BCUT2D eigenvalue weighted by atomic mass is 9.91. The number of hydrogen-bond acceptors (Lipinski definition) is 6. The summed E-state index contributed by atoms with van der Waals surface area (Å²) >= 11 is 0. The van der Waals surface area contributed by atoms with Crippen LogP contribution in [0.25, 0.3) is 0 Å². The van der Waals surface area contributed by atoms with Crippen LogP contribution in [0.5, 0.6) is 0 Å². The van der Waals surface area contributed by atoms with Gasteiger partial charge in [0.25, 0.3) is 5.92 Å². The van der Waals surface area contributed by atoms with E-state index in [4.69, 9.17) is 4.74 Å². The first-order valence-electron chi connectivity index (χ1n) is 15.2. The average molecular weight is 590 g/mol. The van der Waals surface area contributed by atoms with Crippen LogP contribution in [0.4, 0.5) is 19.3 Å². The molecule has 4 heterocycles. The molecule has 3 aliphatic heterocycles. The highest BCUT2D eigenvalue weighted by atomic mass is 19.3. The third kappa shape index (κ3) is 6.55. The molecule has 1 aromatic heterocycles. The number of amides is 3. The number of aromatic nitrogens is 1. The first-order chi connectivity index (χ1) is 19.5. The van der Waals surface area contributed by atoms with Crippen LogP contribution in [0, 0.1) is 5.92 Å². The summed E-state index contributed by atoms with van der Waals surface area (Å²) in [4.78, 5) is 51.1. The van der Waals surface area contributed by atoms with E-state index in [2.05, 4.69) is 4.98 Å². The van der Waals surface area contributed by atoms with Gasteiger partial charge in [0, 0.05) is 74.8 Å². The molecule has 11 heteroatoms. The second kappa shape index (κ2) is 11.0. The van der Waals surface area contributed by atoms with Crippen LogP contribution >= 0.6 is 0 Å². The summed E-state index contributed by atoms with van der Waals surface area (Å²) in [7, 11) is 0. The molecule has 1 aromatic rings. The third-order valence-electron chi connectivity index (χ3n) is 8.84. The standard InChI is InChI=1S/C31H45F2N5O4/c1-20-15-36(23(16-35-11-7-8-25(35)39)17-37(20)28(41)42-29(2,3)4)18-26(40)38-19-30(5,6)27-24(38)12-22(14-34-27)31(32,33)13-21-9-10-21/h12,14,20-21,23H,7-11,13,15-19H2,1-6H3/t20-,23+/m1/s1. The molecular formula is C31H45F2N5O4. The molecular weight excluding hydrogens is 544 g/mol. The van der Waals surface area contributed by atoms with Crippen LogP contribution in [0.15, 0.2) is 12.3 Å². The van der Waals surface area contributed by atoms with E-state index in [0.717, 1.165) is 19.3 Å². The predicted molar refractivity (Wildman–Crippen MR) is 154 cm³/mol. The Kier molecular flexibility index (Phi) is 8.04. The second-order valence-corrected chi connectivity index (χ2v) is 14.3. The lowest BCUT2D eigenvalue weighted by Gasteiger charge is -2.46. The number of fused-ring (bicyclic) bond motifs is 1. The number of likely N-dealkylation sites (tertiary alicyclic amines) is 1. The first kappa shape index (κ1) is 30.6. The fourth-order valence-corrected chi connectivity index (χ4v) is 6.42. The van der Waals surface area contributed by atoms with E-state index in [0.29, 0.717) is 50.5 Å². The fraction of sp³-hybridized carbons (Fsp3) is 0.742. The maximum Gasteiger partial charge on any atom is 0.410 e. The van der Waals surface area contributed by atoms with Gasteiger partial charge in [-0.25, -0.2) is 13.6 Å². The maximum absolute atomic E-state index is 15.1. The van der Waals surface area contributed by atoms with Crippen molar-refractivity contribution < 1.29 is 27.9 Å². The van der Waals surface area contributed by atoms with E-state index < -0.39 is 23.0 Å². The van der Waals surface area contributed by atoms with Crippen LogP contribution in [0.2, 0.25) is 0 Å². The third-order valence-corrected chi connectivity index (χ3v) is 8.84. The number of carbonyl (C=O) groups is 3. The Hall–Kier alpha value is -2.82. The van der Waals surface area contributed by atoms with Gasteiger partial charge in [-0.3, -0.25) is 19.5 Å². The first-order valence-corrected chi connectivity index (χ1v) is 15.2. The monoisotopic (exact) mass is 589 g/mol. The fourth-order valence-electron chi connectivity index (χ4n) is 6.42. The lowest BCUT2D eigenvalue weighted by Crippen LogP contribution is -2.63. The quantitative estimate of drug-likeness (QED) is 0.465. The van der Waals surface area contributed by atoms with Crippen LogP contribution in [-0.4, -0.2) is 94.5 Å². The molecule has 9 nitrogen and oxygen atoms in total. The predicted octanol–water partition coefficient (Wildman–Crippen LogP) is 4.53. The van der Waals surface area contributed by atoms with Gasteiger partial charge in [-0.1, -0.05) is 13.8 Å². The molecule has 0 radical (unpaired) electrons. The molecule has 0 aromatic carbocycles. The SMILES string of the molecule is C[C@@H]1CN(CC(=O)N2CC(C)(C)c3ncc(C(F)(F)CC4CC4)cc32)[C@@H](CN2CCCC2=O)CN1C(=O)OC(C)(C)C. The molecule has 1 aliphatic carbocycles. The molecule has 3 fully saturated rings. The minimum atomic E-state index is -2.99. The topological polar surface area (TPSA) is 86.3 Å². The van der Waals surface area contributed by atoms with Gasteiger partial charge in [-0.15, -0.1) is 0 Å². The Bertz CT molecular complexity index is 1230. The van der Waals surface area contributed by atoms with Crippen molar-refractivity contribution >= 4 is 23.6 Å². The van der Waals surface area contributed by atoms with Gasteiger partial charge in [0.1, 0.15) is 5.60 Å². The van der Waals surface area contributed by atoms with Crippen LogP contribution in [0.1, 0.15) is 84.9 Å².